The number of benzene rings is 1. The Hall–Kier alpha value is -1.65. The van der Waals surface area contributed by atoms with Crippen LogP contribution in [0.5, 0.6) is 0 Å². The maximum atomic E-state index is 12.8. The minimum atomic E-state index is 0.0851. The van der Waals surface area contributed by atoms with Crippen molar-refractivity contribution >= 4 is 22.9 Å². The number of thiophene rings is 1. The van der Waals surface area contributed by atoms with Crippen molar-refractivity contribution in [1.82, 2.24) is 0 Å². The van der Waals surface area contributed by atoms with Crippen LogP contribution >= 0.6 is 11.3 Å². The zero-order valence-corrected chi connectivity index (χ0v) is 12.6. The first-order valence-electron chi connectivity index (χ1n) is 7.33. The second kappa shape index (κ2) is 4.97. The standard InChI is InChI=1S/C17H17NO2S/c19-16(15-6-3-11-21-15)18-12-17(7-9-20-10-8-17)13-4-1-2-5-14(13)18/h1-6,11H,7-10,12H2. The fourth-order valence-electron chi connectivity index (χ4n) is 3.53. The Balaban J connectivity index is 1.76. The minimum Gasteiger partial charge on any atom is -0.381 e. The second-order valence-corrected chi connectivity index (χ2v) is 6.73. The zero-order valence-electron chi connectivity index (χ0n) is 11.7. The third-order valence-corrected chi connectivity index (χ3v) is 5.51. The van der Waals surface area contributed by atoms with Gasteiger partial charge in [0.1, 0.15) is 0 Å². The number of para-hydroxylation sites is 1. The van der Waals surface area contributed by atoms with Crippen molar-refractivity contribution in [1.29, 1.82) is 0 Å². The zero-order chi connectivity index (χ0) is 14.3. The number of nitrogens with zero attached hydrogens (tertiary/aromatic N) is 1. The summed E-state index contributed by atoms with van der Waals surface area (Å²) in [6.45, 7) is 2.36. The number of fused-ring (bicyclic) bond motifs is 2. The molecular weight excluding hydrogens is 282 g/mol. The Morgan fingerprint density at radius 1 is 1.14 bits per heavy atom. The summed E-state index contributed by atoms with van der Waals surface area (Å²) in [5.74, 6) is 0.126. The molecule has 0 radical (unpaired) electrons. The molecule has 2 aliphatic heterocycles. The minimum absolute atomic E-state index is 0.0851. The lowest BCUT2D eigenvalue weighted by Crippen LogP contribution is -2.40. The number of hydrogen-bond acceptors (Lipinski definition) is 3. The van der Waals surface area contributed by atoms with Gasteiger partial charge in [-0.3, -0.25) is 4.79 Å². The van der Waals surface area contributed by atoms with Crippen molar-refractivity contribution in [3.8, 4) is 0 Å². The smallest absolute Gasteiger partial charge is 0.268 e. The molecule has 3 nitrogen and oxygen atoms in total. The molecule has 1 amide bonds. The van der Waals surface area contributed by atoms with Gasteiger partial charge < -0.3 is 9.64 Å². The first-order valence-corrected chi connectivity index (χ1v) is 8.21. The van der Waals surface area contributed by atoms with E-state index in [1.54, 1.807) is 0 Å². The summed E-state index contributed by atoms with van der Waals surface area (Å²) in [6.07, 6.45) is 2.00. The summed E-state index contributed by atoms with van der Waals surface area (Å²) in [6, 6.07) is 12.2. The SMILES string of the molecule is O=C(c1cccs1)N1CC2(CCOCC2)c2ccccc21. The maximum absolute atomic E-state index is 12.8. The predicted molar refractivity (Wildman–Crippen MR) is 84.2 cm³/mol. The van der Waals surface area contributed by atoms with E-state index in [1.165, 1.54) is 16.9 Å². The molecule has 0 atom stereocenters. The molecule has 0 N–H and O–H groups in total. The Morgan fingerprint density at radius 3 is 2.71 bits per heavy atom. The average Bonchev–Trinajstić information content (AvgIpc) is 3.16. The van der Waals surface area contributed by atoms with Crippen LogP contribution in [0, 0.1) is 0 Å². The van der Waals surface area contributed by atoms with Crippen LogP contribution < -0.4 is 4.90 Å². The van der Waals surface area contributed by atoms with E-state index in [9.17, 15) is 4.79 Å². The van der Waals surface area contributed by atoms with Crippen molar-refractivity contribution in [2.45, 2.75) is 18.3 Å². The van der Waals surface area contributed by atoms with Crippen LogP contribution in [0.2, 0.25) is 0 Å². The number of carbonyl (C=O) groups is 1. The van der Waals surface area contributed by atoms with Crippen LogP contribution in [0.25, 0.3) is 0 Å². The molecule has 1 spiro atoms. The van der Waals surface area contributed by atoms with Gasteiger partial charge in [0.2, 0.25) is 0 Å². The highest BCUT2D eigenvalue weighted by atomic mass is 32.1. The Bertz CT molecular complexity index is 659. The van der Waals surface area contributed by atoms with Crippen molar-refractivity contribution in [3.63, 3.8) is 0 Å². The molecule has 0 unspecified atom stereocenters. The van der Waals surface area contributed by atoms with Gasteiger partial charge >= 0.3 is 0 Å². The van der Waals surface area contributed by atoms with Crippen molar-refractivity contribution < 1.29 is 9.53 Å². The number of amides is 1. The first kappa shape index (κ1) is 13.0. The van der Waals surface area contributed by atoms with Gasteiger partial charge in [0.15, 0.2) is 0 Å². The lowest BCUT2D eigenvalue weighted by molar-refractivity contribution is 0.0547. The molecular formula is C17H17NO2S. The van der Waals surface area contributed by atoms with Gasteiger partial charge in [-0.25, -0.2) is 0 Å². The third kappa shape index (κ3) is 2.01. The van der Waals surface area contributed by atoms with Crippen LogP contribution in [0.4, 0.5) is 5.69 Å². The Labute approximate surface area is 128 Å². The predicted octanol–water partition coefficient (Wildman–Crippen LogP) is 3.46. The van der Waals surface area contributed by atoms with Gasteiger partial charge in [-0.05, 0) is 35.9 Å². The molecule has 0 bridgehead atoms. The highest BCUT2D eigenvalue weighted by Gasteiger charge is 2.45. The Kier molecular flexibility index (Phi) is 3.08. The molecule has 2 aromatic rings. The summed E-state index contributed by atoms with van der Waals surface area (Å²) in [5.41, 5.74) is 2.48. The topological polar surface area (TPSA) is 29.5 Å². The number of rotatable bonds is 1. The lowest BCUT2D eigenvalue weighted by Gasteiger charge is -2.34. The number of anilines is 1. The molecule has 1 saturated heterocycles. The van der Waals surface area contributed by atoms with Crippen molar-refractivity contribution in [2.75, 3.05) is 24.7 Å². The molecule has 108 valence electrons. The first-order chi connectivity index (χ1) is 10.3. The number of hydrogen-bond donors (Lipinski definition) is 0. The van der Waals surface area contributed by atoms with Gasteiger partial charge in [0.25, 0.3) is 5.91 Å². The van der Waals surface area contributed by atoms with E-state index < -0.39 is 0 Å². The number of ether oxygens (including phenoxy) is 1. The molecule has 4 rings (SSSR count). The average molecular weight is 299 g/mol. The molecule has 1 aromatic heterocycles. The van der Waals surface area contributed by atoms with E-state index in [4.69, 9.17) is 4.74 Å². The molecule has 4 heteroatoms. The molecule has 21 heavy (non-hydrogen) atoms. The van der Waals surface area contributed by atoms with Crippen LogP contribution in [0.3, 0.4) is 0 Å². The molecule has 2 aliphatic rings. The van der Waals surface area contributed by atoms with Gasteiger partial charge in [0.05, 0.1) is 4.88 Å². The van der Waals surface area contributed by atoms with Crippen LogP contribution in [0.1, 0.15) is 28.1 Å². The summed E-state index contributed by atoms with van der Waals surface area (Å²) in [4.78, 5) is 15.6. The highest BCUT2D eigenvalue weighted by molar-refractivity contribution is 7.12. The Morgan fingerprint density at radius 2 is 1.95 bits per heavy atom. The maximum Gasteiger partial charge on any atom is 0.268 e. The van der Waals surface area contributed by atoms with Crippen LogP contribution in [-0.4, -0.2) is 25.7 Å². The van der Waals surface area contributed by atoms with Crippen LogP contribution in [0.15, 0.2) is 41.8 Å². The summed E-state index contributed by atoms with van der Waals surface area (Å²) < 4.78 is 5.54. The monoisotopic (exact) mass is 299 g/mol. The normalized spacial score (nSPS) is 19.7. The van der Waals surface area contributed by atoms with Gasteiger partial charge in [-0.1, -0.05) is 24.3 Å². The molecule has 3 heterocycles. The molecule has 1 fully saturated rings. The van der Waals surface area contributed by atoms with Crippen molar-refractivity contribution in [2.24, 2.45) is 0 Å². The molecule has 0 aliphatic carbocycles. The quantitative estimate of drug-likeness (QED) is 0.807. The van der Waals surface area contributed by atoms with E-state index in [1.807, 2.05) is 28.5 Å². The summed E-state index contributed by atoms with van der Waals surface area (Å²) in [7, 11) is 0. The molecule has 1 aromatic carbocycles. The van der Waals surface area contributed by atoms with Crippen molar-refractivity contribution in [3.05, 3.63) is 52.2 Å². The van der Waals surface area contributed by atoms with E-state index in [-0.39, 0.29) is 11.3 Å². The fourth-order valence-corrected chi connectivity index (χ4v) is 4.21. The lowest BCUT2D eigenvalue weighted by atomic mass is 9.76. The molecule has 0 saturated carbocycles. The van der Waals surface area contributed by atoms with Crippen LogP contribution in [-0.2, 0) is 10.2 Å². The summed E-state index contributed by atoms with van der Waals surface area (Å²) in [5, 5.41) is 1.96. The van der Waals surface area contributed by atoms with E-state index >= 15 is 0 Å². The summed E-state index contributed by atoms with van der Waals surface area (Å²) >= 11 is 1.51. The third-order valence-electron chi connectivity index (χ3n) is 4.65. The van der Waals surface area contributed by atoms with Gasteiger partial charge in [-0.2, -0.15) is 0 Å². The second-order valence-electron chi connectivity index (χ2n) is 5.78. The highest BCUT2D eigenvalue weighted by Crippen LogP contribution is 2.47. The largest absolute Gasteiger partial charge is 0.381 e. The van der Waals surface area contributed by atoms with Gasteiger partial charge in [0, 0.05) is 30.9 Å². The van der Waals surface area contributed by atoms with Gasteiger partial charge in [-0.15, -0.1) is 11.3 Å². The van der Waals surface area contributed by atoms with E-state index in [0.717, 1.165) is 43.2 Å². The number of carbonyl (C=O) groups excluding carboxylic acids is 1. The van der Waals surface area contributed by atoms with E-state index in [0.29, 0.717) is 0 Å². The fraction of sp³-hybridized carbons (Fsp3) is 0.353. The van der Waals surface area contributed by atoms with E-state index in [2.05, 4.69) is 18.2 Å².